The molecule has 5 heteroatoms. The van der Waals surface area contributed by atoms with E-state index in [2.05, 4.69) is 0 Å². The van der Waals surface area contributed by atoms with Gasteiger partial charge in [0.15, 0.2) is 9.84 Å². The lowest BCUT2D eigenvalue weighted by molar-refractivity contribution is -0.118. The highest BCUT2D eigenvalue weighted by Gasteiger charge is 2.20. The molecule has 0 aromatic heterocycles. The SMILES string of the molecule is CCN(C(=O)CCS(=O)(=O)c1ccc(C)cc1)c1cccc(C)c1. The molecule has 2 aromatic carbocycles. The third-order valence-electron chi connectivity index (χ3n) is 3.90. The van der Waals surface area contributed by atoms with E-state index in [0.717, 1.165) is 16.8 Å². The van der Waals surface area contributed by atoms with Gasteiger partial charge in [0.05, 0.1) is 10.6 Å². The van der Waals surface area contributed by atoms with Crippen molar-refractivity contribution < 1.29 is 13.2 Å². The third-order valence-corrected chi connectivity index (χ3v) is 5.63. The molecular formula is C19H23NO3S. The van der Waals surface area contributed by atoms with Crippen LogP contribution in [0.3, 0.4) is 0 Å². The average molecular weight is 345 g/mol. The molecule has 0 N–H and O–H groups in total. The predicted molar refractivity (Wildman–Crippen MR) is 97.1 cm³/mol. The van der Waals surface area contributed by atoms with Crippen LogP contribution >= 0.6 is 0 Å². The minimum Gasteiger partial charge on any atom is -0.313 e. The van der Waals surface area contributed by atoms with Gasteiger partial charge in [0.25, 0.3) is 0 Å². The number of nitrogens with zero attached hydrogens (tertiary/aromatic N) is 1. The molecule has 0 aliphatic heterocycles. The van der Waals surface area contributed by atoms with Crippen molar-refractivity contribution in [2.24, 2.45) is 0 Å². The largest absolute Gasteiger partial charge is 0.313 e. The number of anilines is 1. The molecule has 0 saturated carbocycles. The van der Waals surface area contributed by atoms with Crippen molar-refractivity contribution in [2.75, 3.05) is 17.2 Å². The van der Waals surface area contributed by atoms with Crippen molar-refractivity contribution in [1.29, 1.82) is 0 Å². The molecule has 2 aromatic rings. The zero-order valence-electron chi connectivity index (χ0n) is 14.3. The molecule has 2 rings (SSSR count). The van der Waals surface area contributed by atoms with E-state index in [0.29, 0.717) is 6.54 Å². The summed E-state index contributed by atoms with van der Waals surface area (Å²) in [5.74, 6) is -0.365. The zero-order chi connectivity index (χ0) is 17.7. The Balaban J connectivity index is 2.09. The van der Waals surface area contributed by atoms with Gasteiger partial charge in [0.1, 0.15) is 0 Å². The Morgan fingerprint density at radius 3 is 2.25 bits per heavy atom. The molecule has 0 radical (unpaired) electrons. The fraction of sp³-hybridized carbons (Fsp3) is 0.316. The van der Waals surface area contributed by atoms with Gasteiger partial charge < -0.3 is 4.90 Å². The van der Waals surface area contributed by atoms with Crippen molar-refractivity contribution in [2.45, 2.75) is 32.1 Å². The Morgan fingerprint density at radius 1 is 1.00 bits per heavy atom. The standard InChI is InChI=1S/C19H23NO3S/c1-4-20(17-7-5-6-16(3)14-17)19(21)12-13-24(22,23)18-10-8-15(2)9-11-18/h5-11,14H,4,12-13H2,1-3H3. The fourth-order valence-electron chi connectivity index (χ4n) is 2.52. The quantitative estimate of drug-likeness (QED) is 0.805. The number of hydrogen-bond acceptors (Lipinski definition) is 3. The summed E-state index contributed by atoms with van der Waals surface area (Å²) in [6, 6.07) is 14.4. The highest BCUT2D eigenvalue weighted by molar-refractivity contribution is 7.91. The van der Waals surface area contributed by atoms with Gasteiger partial charge in [-0.25, -0.2) is 8.42 Å². The average Bonchev–Trinajstić information content (AvgIpc) is 2.54. The minimum atomic E-state index is -3.45. The predicted octanol–water partition coefficient (Wildman–Crippen LogP) is 3.52. The minimum absolute atomic E-state index is 0.0298. The van der Waals surface area contributed by atoms with E-state index in [1.165, 1.54) is 0 Å². The van der Waals surface area contributed by atoms with Gasteiger partial charge in [0.2, 0.25) is 5.91 Å². The molecule has 0 fully saturated rings. The number of amides is 1. The Hall–Kier alpha value is -2.14. The maximum Gasteiger partial charge on any atom is 0.228 e. The monoisotopic (exact) mass is 345 g/mol. The molecule has 0 atom stereocenters. The van der Waals surface area contributed by atoms with Crippen LogP contribution in [0.1, 0.15) is 24.5 Å². The van der Waals surface area contributed by atoms with E-state index in [9.17, 15) is 13.2 Å². The molecule has 0 unspecified atom stereocenters. The Morgan fingerprint density at radius 2 is 1.67 bits per heavy atom. The normalized spacial score (nSPS) is 11.3. The van der Waals surface area contributed by atoms with Crippen molar-refractivity contribution in [3.63, 3.8) is 0 Å². The summed E-state index contributed by atoms with van der Waals surface area (Å²) in [7, 11) is -3.45. The number of hydrogen-bond donors (Lipinski definition) is 0. The summed E-state index contributed by atoms with van der Waals surface area (Å²) in [6.45, 7) is 6.26. The van der Waals surface area contributed by atoms with Gasteiger partial charge in [-0.2, -0.15) is 0 Å². The van der Waals surface area contributed by atoms with Gasteiger partial charge in [-0.05, 0) is 50.6 Å². The van der Waals surface area contributed by atoms with Crippen LogP contribution in [-0.2, 0) is 14.6 Å². The summed E-state index contributed by atoms with van der Waals surface area (Å²) < 4.78 is 24.8. The number of sulfone groups is 1. The lowest BCUT2D eigenvalue weighted by atomic mass is 10.2. The molecule has 0 heterocycles. The number of benzene rings is 2. The van der Waals surface area contributed by atoms with Crippen LogP contribution in [0, 0.1) is 13.8 Å². The first-order valence-corrected chi connectivity index (χ1v) is 9.65. The Labute approximate surface area is 144 Å². The summed E-state index contributed by atoms with van der Waals surface area (Å²) >= 11 is 0. The first-order valence-electron chi connectivity index (χ1n) is 8.00. The lowest BCUT2D eigenvalue weighted by Gasteiger charge is -2.21. The third kappa shape index (κ3) is 4.45. The van der Waals surface area contributed by atoms with E-state index >= 15 is 0 Å². The van der Waals surface area contributed by atoms with Crippen LogP contribution < -0.4 is 4.90 Å². The van der Waals surface area contributed by atoms with Crippen molar-refractivity contribution in [3.05, 3.63) is 59.7 Å². The van der Waals surface area contributed by atoms with E-state index in [1.54, 1.807) is 29.2 Å². The van der Waals surface area contributed by atoms with Crippen LogP contribution in [0.2, 0.25) is 0 Å². The molecule has 1 amide bonds. The molecule has 0 spiro atoms. The smallest absolute Gasteiger partial charge is 0.228 e. The Kier molecular flexibility index (Phi) is 5.78. The van der Waals surface area contributed by atoms with E-state index in [4.69, 9.17) is 0 Å². The van der Waals surface area contributed by atoms with Crippen LogP contribution in [0.15, 0.2) is 53.4 Å². The van der Waals surface area contributed by atoms with E-state index < -0.39 is 9.84 Å². The maximum absolute atomic E-state index is 12.5. The Bertz CT molecular complexity index is 811. The topological polar surface area (TPSA) is 54.5 Å². The molecule has 0 saturated heterocycles. The molecule has 0 bridgehead atoms. The van der Waals surface area contributed by atoms with Gasteiger partial charge >= 0.3 is 0 Å². The number of rotatable bonds is 6. The number of aryl methyl sites for hydroxylation is 2. The first kappa shape index (κ1) is 18.2. The van der Waals surface area contributed by atoms with Crippen molar-refractivity contribution in [1.82, 2.24) is 0 Å². The number of carbonyl (C=O) groups excluding carboxylic acids is 1. The molecule has 0 aliphatic carbocycles. The molecule has 4 nitrogen and oxygen atoms in total. The van der Waals surface area contributed by atoms with Gasteiger partial charge in [-0.1, -0.05) is 29.8 Å². The lowest BCUT2D eigenvalue weighted by Crippen LogP contribution is -2.32. The molecular weight excluding hydrogens is 322 g/mol. The summed E-state index contributed by atoms with van der Waals surface area (Å²) in [5.41, 5.74) is 2.86. The van der Waals surface area contributed by atoms with Gasteiger partial charge in [-0.15, -0.1) is 0 Å². The van der Waals surface area contributed by atoms with Crippen LogP contribution in [-0.4, -0.2) is 26.6 Å². The summed E-state index contributed by atoms with van der Waals surface area (Å²) in [5, 5.41) is 0. The zero-order valence-corrected chi connectivity index (χ0v) is 15.1. The van der Waals surface area contributed by atoms with Crippen molar-refractivity contribution in [3.8, 4) is 0 Å². The highest BCUT2D eigenvalue weighted by atomic mass is 32.2. The van der Waals surface area contributed by atoms with Crippen molar-refractivity contribution >= 4 is 21.4 Å². The van der Waals surface area contributed by atoms with Gasteiger partial charge in [-0.3, -0.25) is 4.79 Å². The second-order valence-corrected chi connectivity index (χ2v) is 7.97. The molecule has 24 heavy (non-hydrogen) atoms. The number of carbonyl (C=O) groups is 1. The summed E-state index contributed by atoms with van der Waals surface area (Å²) in [6.07, 6.45) is -0.0298. The van der Waals surface area contributed by atoms with E-state index in [-0.39, 0.29) is 23.0 Å². The molecule has 0 aliphatic rings. The maximum atomic E-state index is 12.5. The first-order chi connectivity index (χ1) is 11.3. The van der Waals surface area contributed by atoms with E-state index in [1.807, 2.05) is 45.0 Å². The van der Waals surface area contributed by atoms with Gasteiger partial charge in [0, 0.05) is 18.7 Å². The highest BCUT2D eigenvalue weighted by Crippen LogP contribution is 2.18. The summed E-state index contributed by atoms with van der Waals surface area (Å²) in [4.78, 5) is 14.4. The fourth-order valence-corrected chi connectivity index (χ4v) is 3.75. The van der Waals surface area contributed by atoms with Crippen LogP contribution in [0.4, 0.5) is 5.69 Å². The van der Waals surface area contributed by atoms with Crippen LogP contribution in [0.5, 0.6) is 0 Å². The van der Waals surface area contributed by atoms with Crippen LogP contribution in [0.25, 0.3) is 0 Å². The molecule has 128 valence electrons. The second kappa shape index (κ2) is 7.62. The second-order valence-electron chi connectivity index (χ2n) is 5.86.